The number of hydrogen-bond donors (Lipinski definition) is 1. The van der Waals surface area contributed by atoms with Crippen LogP contribution in [0.5, 0.6) is 0 Å². The van der Waals surface area contributed by atoms with Crippen LogP contribution in [-0.4, -0.2) is 33.7 Å². The summed E-state index contributed by atoms with van der Waals surface area (Å²) in [5, 5.41) is 4.09. The van der Waals surface area contributed by atoms with Gasteiger partial charge in [0.2, 0.25) is 0 Å². The van der Waals surface area contributed by atoms with Gasteiger partial charge in [0.25, 0.3) is 5.91 Å². The van der Waals surface area contributed by atoms with Crippen molar-refractivity contribution in [3.63, 3.8) is 0 Å². The normalized spacial score (nSPS) is 21.2. The molecule has 1 aromatic heterocycles. The summed E-state index contributed by atoms with van der Waals surface area (Å²) < 4.78 is 2.26. The SMILES string of the molecule is C[C@@H]1Cn2nc(N)c(Br)c2C(=O)N1C. The lowest BCUT2D eigenvalue weighted by molar-refractivity contribution is 0.0664. The van der Waals surface area contributed by atoms with Crippen molar-refractivity contribution in [1.29, 1.82) is 0 Å². The minimum absolute atomic E-state index is 0.0418. The van der Waals surface area contributed by atoms with Gasteiger partial charge in [0.1, 0.15) is 5.69 Å². The minimum atomic E-state index is -0.0418. The lowest BCUT2D eigenvalue weighted by atomic mass is 10.2. The van der Waals surface area contributed by atoms with Gasteiger partial charge in [-0.15, -0.1) is 0 Å². The fourth-order valence-corrected chi connectivity index (χ4v) is 1.99. The quantitative estimate of drug-likeness (QED) is 0.746. The molecule has 2 heterocycles. The third-order valence-electron chi connectivity index (χ3n) is 2.54. The molecule has 0 fully saturated rings. The minimum Gasteiger partial charge on any atom is -0.381 e. The third-order valence-corrected chi connectivity index (χ3v) is 3.32. The Morgan fingerprint density at radius 1 is 1.64 bits per heavy atom. The summed E-state index contributed by atoms with van der Waals surface area (Å²) >= 11 is 3.27. The summed E-state index contributed by atoms with van der Waals surface area (Å²) in [7, 11) is 1.78. The van der Waals surface area contributed by atoms with Crippen LogP contribution in [-0.2, 0) is 6.54 Å². The van der Waals surface area contributed by atoms with Gasteiger partial charge in [-0.3, -0.25) is 9.48 Å². The Morgan fingerprint density at radius 2 is 2.29 bits per heavy atom. The van der Waals surface area contributed by atoms with Crippen molar-refractivity contribution in [2.75, 3.05) is 12.8 Å². The Kier molecular flexibility index (Phi) is 2.02. The van der Waals surface area contributed by atoms with Crippen molar-refractivity contribution >= 4 is 27.7 Å². The maximum absolute atomic E-state index is 11.8. The molecular formula is C8H11BrN4O. The van der Waals surface area contributed by atoms with Gasteiger partial charge < -0.3 is 10.6 Å². The largest absolute Gasteiger partial charge is 0.381 e. The number of aromatic nitrogens is 2. The second-order valence-electron chi connectivity index (χ2n) is 3.50. The third kappa shape index (κ3) is 1.13. The van der Waals surface area contributed by atoms with Crippen LogP contribution < -0.4 is 5.73 Å². The number of likely N-dealkylation sites (N-methyl/N-ethyl adjacent to an activating group) is 1. The second-order valence-corrected chi connectivity index (χ2v) is 4.29. The van der Waals surface area contributed by atoms with E-state index in [9.17, 15) is 4.79 Å². The average Bonchev–Trinajstić information content (AvgIpc) is 2.39. The van der Waals surface area contributed by atoms with Crippen LogP contribution in [0.1, 0.15) is 17.4 Å². The van der Waals surface area contributed by atoms with Gasteiger partial charge in [0.05, 0.1) is 11.0 Å². The number of hydrogen-bond acceptors (Lipinski definition) is 3. The Hall–Kier alpha value is -1.04. The first-order valence-corrected chi connectivity index (χ1v) is 5.10. The molecule has 76 valence electrons. The highest BCUT2D eigenvalue weighted by atomic mass is 79.9. The van der Waals surface area contributed by atoms with E-state index < -0.39 is 0 Å². The molecule has 0 radical (unpaired) electrons. The summed E-state index contributed by atoms with van der Waals surface area (Å²) in [6.45, 7) is 2.67. The Bertz CT molecular complexity index is 400. The number of anilines is 1. The number of amides is 1. The molecular weight excluding hydrogens is 248 g/mol. The lowest BCUT2D eigenvalue weighted by Gasteiger charge is -2.30. The molecule has 0 unspecified atom stereocenters. The van der Waals surface area contributed by atoms with Gasteiger partial charge in [0.15, 0.2) is 5.82 Å². The molecule has 2 rings (SSSR count). The molecule has 0 bridgehead atoms. The van der Waals surface area contributed by atoms with E-state index in [2.05, 4.69) is 21.0 Å². The molecule has 5 nitrogen and oxygen atoms in total. The summed E-state index contributed by atoms with van der Waals surface area (Å²) in [6, 6.07) is 0.154. The van der Waals surface area contributed by atoms with E-state index in [0.717, 1.165) is 0 Å². The summed E-state index contributed by atoms with van der Waals surface area (Å²) in [6.07, 6.45) is 0. The molecule has 1 atom stereocenters. The topological polar surface area (TPSA) is 64.2 Å². The van der Waals surface area contributed by atoms with Gasteiger partial charge in [-0.25, -0.2) is 0 Å². The van der Waals surface area contributed by atoms with Crippen molar-refractivity contribution in [1.82, 2.24) is 14.7 Å². The number of halogens is 1. The van der Waals surface area contributed by atoms with Crippen LogP contribution in [0.4, 0.5) is 5.82 Å². The molecule has 0 spiro atoms. The number of carbonyl (C=O) groups is 1. The number of nitrogens with zero attached hydrogens (tertiary/aromatic N) is 3. The lowest BCUT2D eigenvalue weighted by Crippen LogP contribution is -2.44. The van der Waals surface area contributed by atoms with E-state index in [1.807, 2.05) is 6.92 Å². The first-order chi connectivity index (χ1) is 6.52. The Labute approximate surface area is 90.0 Å². The van der Waals surface area contributed by atoms with Gasteiger partial charge >= 0.3 is 0 Å². The first-order valence-electron chi connectivity index (χ1n) is 4.31. The molecule has 0 saturated carbocycles. The van der Waals surface area contributed by atoms with Crippen molar-refractivity contribution in [3.05, 3.63) is 10.2 Å². The fraction of sp³-hybridized carbons (Fsp3) is 0.500. The molecule has 0 aromatic carbocycles. The molecule has 6 heteroatoms. The number of fused-ring (bicyclic) bond motifs is 1. The van der Waals surface area contributed by atoms with E-state index in [4.69, 9.17) is 5.73 Å². The van der Waals surface area contributed by atoms with Crippen molar-refractivity contribution in [3.8, 4) is 0 Å². The molecule has 0 saturated heterocycles. The Balaban J connectivity index is 2.57. The highest BCUT2D eigenvalue weighted by Gasteiger charge is 2.31. The molecule has 14 heavy (non-hydrogen) atoms. The van der Waals surface area contributed by atoms with Crippen LogP contribution >= 0.6 is 15.9 Å². The second kappa shape index (κ2) is 2.98. The van der Waals surface area contributed by atoms with Crippen LogP contribution in [0.15, 0.2) is 4.47 Å². The van der Waals surface area contributed by atoms with Gasteiger partial charge in [-0.1, -0.05) is 0 Å². The highest BCUT2D eigenvalue weighted by molar-refractivity contribution is 9.10. The molecule has 1 amide bonds. The zero-order chi connectivity index (χ0) is 10.5. The average molecular weight is 259 g/mol. The van der Waals surface area contributed by atoms with Crippen LogP contribution in [0.2, 0.25) is 0 Å². The Morgan fingerprint density at radius 3 is 2.93 bits per heavy atom. The summed E-state index contributed by atoms with van der Waals surface area (Å²) in [5.41, 5.74) is 6.17. The zero-order valence-corrected chi connectivity index (χ0v) is 9.58. The molecule has 1 aliphatic rings. The first kappa shape index (κ1) is 9.51. The van der Waals surface area contributed by atoms with Crippen LogP contribution in [0, 0.1) is 0 Å². The molecule has 2 N–H and O–H groups in total. The van der Waals surface area contributed by atoms with Gasteiger partial charge in [0, 0.05) is 13.1 Å². The van der Waals surface area contributed by atoms with E-state index in [1.54, 1.807) is 16.6 Å². The molecule has 1 aromatic rings. The number of nitrogens with two attached hydrogens (primary N) is 1. The van der Waals surface area contributed by atoms with E-state index >= 15 is 0 Å². The summed E-state index contributed by atoms with van der Waals surface area (Å²) in [5.74, 6) is 0.329. The summed E-state index contributed by atoms with van der Waals surface area (Å²) in [4.78, 5) is 13.5. The predicted molar refractivity (Wildman–Crippen MR) is 55.9 cm³/mol. The zero-order valence-electron chi connectivity index (χ0n) is 7.99. The molecule has 1 aliphatic heterocycles. The van der Waals surface area contributed by atoms with Crippen molar-refractivity contribution < 1.29 is 4.79 Å². The van der Waals surface area contributed by atoms with Gasteiger partial charge in [-0.2, -0.15) is 5.10 Å². The monoisotopic (exact) mass is 258 g/mol. The predicted octanol–water partition coefficient (Wildman–Crippen LogP) is 0.702. The van der Waals surface area contributed by atoms with Crippen molar-refractivity contribution in [2.45, 2.75) is 19.5 Å². The smallest absolute Gasteiger partial charge is 0.273 e. The highest BCUT2D eigenvalue weighted by Crippen LogP contribution is 2.28. The van der Waals surface area contributed by atoms with E-state index in [-0.39, 0.29) is 11.9 Å². The molecule has 0 aliphatic carbocycles. The maximum Gasteiger partial charge on any atom is 0.273 e. The van der Waals surface area contributed by atoms with E-state index in [0.29, 0.717) is 22.5 Å². The number of rotatable bonds is 0. The van der Waals surface area contributed by atoms with Gasteiger partial charge in [-0.05, 0) is 22.9 Å². The maximum atomic E-state index is 11.8. The standard InChI is InChI=1S/C8H11BrN4O/c1-4-3-13-6(8(14)12(4)2)5(9)7(10)11-13/h4H,3H2,1-2H3,(H2,10,11)/t4-/m1/s1. The number of carbonyl (C=O) groups excluding carboxylic acids is 1. The number of nitrogen functional groups attached to an aromatic ring is 1. The fourth-order valence-electron chi connectivity index (χ4n) is 1.53. The van der Waals surface area contributed by atoms with Crippen LogP contribution in [0.25, 0.3) is 0 Å². The van der Waals surface area contributed by atoms with Crippen molar-refractivity contribution in [2.24, 2.45) is 0 Å². The van der Waals surface area contributed by atoms with E-state index in [1.165, 1.54) is 0 Å². The van der Waals surface area contributed by atoms with Crippen LogP contribution in [0.3, 0.4) is 0 Å².